The van der Waals surface area contributed by atoms with Crippen LogP contribution in [0.5, 0.6) is 0 Å². The maximum atomic E-state index is 10.9. The normalized spacial score (nSPS) is 9.91. The molecule has 0 aliphatic heterocycles. The van der Waals surface area contributed by atoms with E-state index in [2.05, 4.69) is 65.8 Å². The zero-order valence-corrected chi connectivity index (χ0v) is 15.9. The zero-order chi connectivity index (χ0) is 16.5. The number of hydrogen-bond acceptors (Lipinski definition) is 4. The van der Waals surface area contributed by atoms with E-state index in [4.69, 9.17) is 0 Å². The van der Waals surface area contributed by atoms with E-state index < -0.39 is 0 Å². The molecule has 0 saturated carbocycles. The van der Waals surface area contributed by atoms with Crippen LogP contribution in [0, 0.1) is 0 Å². The van der Waals surface area contributed by atoms with Crippen molar-refractivity contribution in [1.82, 2.24) is 19.9 Å². The number of hydrogen-bond donors (Lipinski definition) is 2. The van der Waals surface area contributed by atoms with Crippen LogP contribution in [0.1, 0.15) is 38.1 Å². The minimum atomic E-state index is -0.0859. The van der Waals surface area contributed by atoms with Gasteiger partial charge in [0.05, 0.1) is 0 Å². The third-order valence-corrected chi connectivity index (χ3v) is 3.37. The summed E-state index contributed by atoms with van der Waals surface area (Å²) in [5.74, 6) is 0. The van der Waals surface area contributed by atoms with Crippen LogP contribution in [0.2, 0.25) is 0 Å². The fourth-order valence-corrected chi connectivity index (χ4v) is 2.65. The number of nitrogens with zero attached hydrogens (tertiary/aromatic N) is 2. The summed E-state index contributed by atoms with van der Waals surface area (Å²) in [6.45, 7) is 4.11. The molecule has 0 unspecified atom stereocenters. The molecule has 22 heavy (non-hydrogen) atoms. The first-order valence-electron chi connectivity index (χ1n) is 6.99. The van der Waals surface area contributed by atoms with E-state index >= 15 is 0 Å². The molecule has 8 heteroatoms. The van der Waals surface area contributed by atoms with Gasteiger partial charge in [0, 0.05) is 0 Å². The molecule has 0 aromatic carbocycles. The Morgan fingerprint density at radius 1 is 0.864 bits per heavy atom. The predicted octanol–water partition coefficient (Wildman–Crippen LogP) is -0.968. The van der Waals surface area contributed by atoms with Gasteiger partial charge in [0.15, 0.2) is 0 Å². The third kappa shape index (κ3) is 7.18. The molecule has 0 aliphatic carbocycles. The van der Waals surface area contributed by atoms with Crippen molar-refractivity contribution in [2.45, 2.75) is 39.5 Å². The summed E-state index contributed by atoms with van der Waals surface area (Å²) in [6.07, 6.45) is 3.74. The fourth-order valence-electron chi connectivity index (χ4n) is 1.74. The molecule has 2 radical (unpaired) electrons. The molecule has 0 aliphatic rings. The molecule has 2 aromatic heterocycles. The molecule has 0 atom stereocenters. The Bertz CT molecular complexity index is 651. The van der Waals surface area contributed by atoms with E-state index in [9.17, 15) is 9.59 Å². The number of H-pyrrole nitrogens is 2. The first-order chi connectivity index (χ1) is 10.4. The van der Waals surface area contributed by atoms with Crippen LogP contribution >= 0.6 is 0 Å². The molecule has 0 saturated heterocycles. The second-order valence-electron chi connectivity index (χ2n) is 4.58. The van der Waals surface area contributed by atoms with Crippen LogP contribution in [0.15, 0.2) is 21.7 Å². The molecular weight excluding hydrogens is 414 g/mol. The topological polar surface area (TPSA) is 91.5 Å². The van der Waals surface area contributed by atoms with Gasteiger partial charge in [0.2, 0.25) is 0 Å². The second-order valence-corrected chi connectivity index (χ2v) is 6.21. The number of nitrogens with one attached hydrogen (secondary N) is 2. The fraction of sp³-hybridized carbons (Fsp3) is 0.429. The summed E-state index contributed by atoms with van der Waals surface area (Å²) in [4.78, 5) is 35.1. The Morgan fingerprint density at radius 3 is 1.50 bits per heavy atom. The second kappa shape index (κ2) is 9.74. The van der Waals surface area contributed by atoms with Gasteiger partial charge in [0.25, 0.3) is 0 Å². The van der Waals surface area contributed by atoms with E-state index in [1.807, 2.05) is 0 Å². The number of aryl methyl sites for hydroxylation is 2. The van der Waals surface area contributed by atoms with Crippen LogP contribution in [0.4, 0.5) is 0 Å². The van der Waals surface area contributed by atoms with E-state index in [1.54, 1.807) is 0 Å². The SMILES string of the molecule is CCCc1cc(=O)[nH]c([Se])n1.CCCc1cc(=O)[nH]c([Se])n1. The molecule has 118 valence electrons. The van der Waals surface area contributed by atoms with E-state index in [-0.39, 0.29) is 11.1 Å². The maximum absolute atomic E-state index is 10.9. The van der Waals surface area contributed by atoms with Gasteiger partial charge in [-0.25, -0.2) is 0 Å². The summed E-state index contributed by atoms with van der Waals surface area (Å²) in [6, 6.07) is 3.06. The number of aromatic amines is 2. The van der Waals surface area contributed by atoms with E-state index in [0.29, 0.717) is 9.45 Å². The summed E-state index contributed by atoms with van der Waals surface area (Å²) < 4.78 is 1.14. The van der Waals surface area contributed by atoms with Gasteiger partial charge in [0.1, 0.15) is 0 Å². The van der Waals surface area contributed by atoms with Gasteiger partial charge in [-0.1, -0.05) is 0 Å². The standard InChI is InChI=1S/2C7H9N2OSe/c2*1-2-3-5-4-6(10)9-7(11)8-5/h2*4H,2-3H2,1H3,(H,8,9,10). The van der Waals surface area contributed by atoms with Crippen LogP contribution < -0.4 is 20.6 Å². The van der Waals surface area contributed by atoms with Crippen LogP contribution in [-0.4, -0.2) is 52.0 Å². The molecule has 2 N–H and O–H groups in total. The van der Waals surface area contributed by atoms with Gasteiger partial charge in [-0.05, 0) is 0 Å². The van der Waals surface area contributed by atoms with E-state index in [1.165, 1.54) is 12.1 Å². The van der Waals surface area contributed by atoms with Crippen molar-refractivity contribution in [3.05, 3.63) is 44.2 Å². The Labute approximate surface area is 145 Å². The summed E-state index contributed by atoms with van der Waals surface area (Å²) >= 11 is 5.35. The van der Waals surface area contributed by atoms with Crippen molar-refractivity contribution in [3.8, 4) is 0 Å². The van der Waals surface area contributed by atoms with Crippen LogP contribution in [0.3, 0.4) is 0 Å². The third-order valence-electron chi connectivity index (χ3n) is 2.56. The molecule has 2 heterocycles. The molecule has 0 amide bonds. The van der Waals surface area contributed by atoms with Crippen molar-refractivity contribution in [2.24, 2.45) is 0 Å². The van der Waals surface area contributed by atoms with Crippen molar-refractivity contribution in [2.75, 3.05) is 0 Å². The Morgan fingerprint density at radius 2 is 1.23 bits per heavy atom. The first kappa shape index (κ1) is 18.8. The van der Waals surface area contributed by atoms with Crippen molar-refractivity contribution in [3.63, 3.8) is 0 Å². The summed E-state index contributed by atoms with van der Waals surface area (Å²) in [5.41, 5.74) is 1.53. The van der Waals surface area contributed by atoms with Gasteiger partial charge < -0.3 is 0 Å². The molecule has 0 fully saturated rings. The Balaban J connectivity index is 0.000000220. The van der Waals surface area contributed by atoms with Crippen molar-refractivity contribution >= 4 is 41.5 Å². The van der Waals surface area contributed by atoms with Crippen LogP contribution in [-0.2, 0) is 12.8 Å². The first-order valence-corrected chi connectivity index (χ1v) is 8.70. The van der Waals surface area contributed by atoms with Gasteiger partial charge in [-0.3, -0.25) is 0 Å². The average Bonchev–Trinajstić information content (AvgIpc) is 2.37. The van der Waals surface area contributed by atoms with E-state index in [0.717, 1.165) is 37.1 Å². The van der Waals surface area contributed by atoms with Crippen molar-refractivity contribution in [1.29, 1.82) is 0 Å². The van der Waals surface area contributed by atoms with Gasteiger partial charge >= 0.3 is 145 Å². The molecule has 0 bridgehead atoms. The summed E-state index contributed by atoms with van der Waals surface area (Å²) in [5, 5.41) is 0. The molecule has 2 aromatic rings. The molecular formula is C14H18N4O2Se2. The number of rotatable bonds is 4. The predicted molar refractivity (Wildman–Crippen MR) is 88.5 cm³/mol. The monoisotopic (exact) mass is 434 g/mol. The zero-order valence-electron chi connectivity index (χ0n) is 12.5. The van der Waals surface area contributed by atoms with Gasteiger partial charge in [-0.2, -0.15) is 0 Å². The van der Waals surface area contributed by atoms with Crippen molar-refractivity contribution < 1.29 is 0 Å². The molecule has 0 spiro atoms. The Kier molecular flexibility index (Phi) is 8.35. The quantitative estimate of drug-likeness (QED) is 0.609. The Hall–Kier alpha value is -1.20. The number of aromatic nitrogens is 4. The van der Waals surface area contributed by atoms with Gasteiger partial charge in [-0.15, -0.1) is 0 Å². The minimum absolute atomic E-state index is 0.0859. The summed E-state index contributed by atoms with van der Waals surface area (Å²) in [7, 11) is 0. The average molecular weight is 432 g/mol. The molecule has 2 rings (SSSR count). The molecule has 6 nitrogen and oxygen atoms in total. The van der Waals surface area contributed by atoms with Crippen LogP contribution in [0.25, 0.3) is 0 Å².